The maximum Gasteiger partial charge on any atom is 0.184 e. The summed E-state index contributed by atoms with van der Waals surface area (Å²) in [6.07, 6.45) is -2.45. The highest BCUT2D eigenvalue weighted by atomic mass is 16.7. The molecule has 1 saturated heterocycles. The highest BCUT2D eigenvalue weighted by Gasteiger charge is 2.44. The smallest absolute Gasteiger partial charge is 0.184 e. The molecule has 0 saturated carbocycles. The summed E-state index contributed by atoms with van der Waals surface area (Å²) >= 11 is 0. The lowest BCUT2D eigenvalue weighted by molar-refractivity contribution is -0.140. The molecule has 5 heteroatoms. The third kappa shape index (κ3) is 1.60. The third-order valence-corrected chi connectivity index (χ3v) is 2.01. The molecule has 5 nitrogen and oxygen atoms in total. The number of aliphatic hydroxyl groups is 2. The Hall–Kier alpha value is -0.200. The molecule has 0 radical (unpaired) electrons. The third-order valence-electron chi connectivity index (χ3n) is 2.01. The van der Waals surface area contributed by atoms with Crippen LogP contribution in [0, 0.1) is 0 Å². The lowest BCUT2D eigenvalue weighted by atomic mass is 10.1. The van der Waals surface area contributed by atoms with Gasteiger partial charge in [0.25, 0.3) is 0 Å². The maximum atomic E-state index is 9.25. The Bertz CT molecular complexity index is 140. The minimum absolute atomic E-state index is 0.185. The second-order valence-corrected chi connectivity index (χ2v) is 2.65. The van der Waals surface area contributed by atoms with E-state index >= 15 is 0 Å². The van der Waals surface area contributed by atoms with Crippen molar-refractivity contribution >= 4 is 0 Å². The molecule has 0 aromatic heterocycles. The summed E-state index contributed by atoms with van der Waals surface area (Å²) in [5.74, 6) is 0. The van der Waals surface area contributed by atoms with Crippen molar-refractivity contribution in [3.05, 3.63) is 0 Å². The fourth-order valence-corrected chi connectivity index (χ4v) is 1.39. The molecule has 0 bridgehead atoms. The van der Waals surface area contributed by atoms with Gasteiger partial charge >= 0.3 is 0 Å². The van der Waals surface area contributed by atoms with Gasteiger partial charge in [0.15, 0.2) is 6.29 Å². The van der Waals surface area contributed by atoms with E-state index in [4.69, 9.17) is 19.3 Å². The van der Waals surface area contributed by atoms with Crippen molar-refractivity contribution in [2.24, 2.45) is 0 Å². The van der Waals surface area contributed by atoms with Crippen LogP contribution in [-0.2, 0) is 14.2 Å². The Balaban J connectivity index is 2.61. The van der Waals surface area contributed by atoms with Gasteiger partial charge in [0.05, 0.1) is 6.61 Å². The summed E-state index contributed by atoms with van der Waals surface area (Å²) in [6.45, 7) is -0.185. The van der Waals surface area contributed by atoms with Crippen molar-refractivity contribution in [1.82, 2.24) is 0 Å². The fourth-order valence-electron chi connectivity index (χ4n) is 1.39. The molecule has 1 aliphatic rings. The topological polar surface area (TPSA) is 68.2 Å². The number of hydrogen-bond acceptors (Lipinski definition) is 5. The van der Waals surface area contributed by atoms with Crippen molar-refractivity contribution in [2.45, 2.75) is 24.6 Å². The van der Waals surface area contributed by atoms with E-state index in [1.165, 1.54) is 14.2 Å². The molecule has 1 aliphatic heterocycles. The van der Waals surface area contributed by atoms with Gasteiger partial charge in [0.1, 0.15) is 18.3 Å². The first-order chi connectivity index (χ1) is 5.74. The van der Waals surface area contributed by atoms with E-state index in [1.54, 1.807) is 0 Å². The van der Waals surface area contributed by atoms with E-state index < -0.39 is 24.6 Å². The Labute approximate surface area is 70.9 Å². The lowest BCUT2D eigenvalue weighted by Crippen LogP contribution is -2.37. The zero-order valence-corrected chi connectivity index (χ0v) is 7.14. The van der Waals surface area contributed by atoms with Gasteiger partial charge in [-0.25, -0.2) is 0 Å². The molecule has 0 aromatic rings. The van der Waals surface area contributed by atoms with Gasteiger partial charge < -0.3 is 24.4 Å². The van der Waals surface area contributed by atoms with Crippen molar-refractivity contribution in [1.29, 1.82) is 0 Å². The first-order valence-electron chi connectivity index (χ1n) is 3.74. The van der Waals surface area contributed by atoms with Gasteiger partial charge in [-0.05, 0) is 0 Å². The molecular weight excluding hydrogens is 164 g/mol. The maximum absolute atomic E-state index is 9.25. The normalized spacial score (nSPS) is 42.0. The molecule has 4 atom stereocenters. The van der Waals surface area contributed by atoms with Crippen LogP contribution in [0.2, 0.25) is 0 Å². The van der Waals surface area contributed by atoms with Crippen LogP contribution >= 0.6 is 0 Å². The molecule has 0 amide bonds. The first-order valence-corrected chi connectivity index (χ1v) is 3.74. The zero-order chi connectivity index (χ0) is 9.14. The Kier molecular flexibility index (Phi) is 3.42. The molecule has 0 aromatic carbocycles. The second-order valence-electron chi connectivity index (χ2n) is 2.65. The number of ether oxygens (including phenoxy) is 3. The Morgan fingerprint density at radius 1 is 1.25 bits per heavy atom. The van der Waals surface area contributed by atoms with Gasteiger partial charge in [-0.1, -0.05) is 0 Å². The highest BCUT2D eigenvalue weighted by Crippen LogP contribution is 2.23. The fraction of sp³-hybridized carbons (Fsp3) is 1.00. The molecule has 72 valence electrons. The van der Waals surface area contributed by atoms with E-state index in [2.05, 4.69) is 0 Å². The predicted octanol–water partition coefficient (Wildman–Crippen LogP) is -1.27. The highest BCUT2D eigenvalue weighted by molar-refractivity contribution is 4.87. The number of rotatable bonds is 3. The average Bonchev–Trinajstić information content (AvgIpc) is 2.40. The molecule has 12 heavy (non-hydrogen) atoms. The van der Waals surface area contributed by atoms with Crippen molar-refractivity contribution in [3.8, 4) is 0 Å². The summed E-state index contributed by atoms with van der Waals surface area (Å²) < 4.78 is 14.9. The number of hydrogen-bond donors (Lipinski definition) is 2. The summed E-state index contributed by atoms with van der Waals surface area (Å²) in [5.41, 5.74) is 0. The van der Waals surface area contributed by atoms with E-state index in [9.17, 15) is 5.11 Å². The SMILES string of the molecule is CO[C@H]1[C@H](OC)[C@@H](CO)O[C@H]1O. The summed E-state index contributed by atoms with van der Waals surface area (Å²) in [5, 5.41) is 18.1. The van der Waals surface area contributed by atoms with E-state index in [0.717, 1.165) is 0 Å². The minimum atomic E-state index is -1.02. The van der Waals surface area contributed by atoms with Crippen LogP contribution in [0.25, 0.3) is 0 Å². The van der Waals surface area contributed by atoms with Crippen molar-refractivity contribution in [3.63, 3.8) is 0 Å². The van der Waals surface area contributed by atoms with E-state index in [0.29, 0.717) is 0 Å². The van der Waals surface area contributed by atoms with Crippen molar-refractivity contribution in [2.75, 3.05) is 20.8 Å². The Morgan fingerprint density at radius 3 is 2.25 bits per heavy atom. The monoisotopic (exact) mass is 178 g/mol. The van der Waals surface area contributed by atoms with E-state index in [-0.39, 0.29) is 6.61 Å². The first kappa shape index (κ1) is 9.88. The molecule has 1 fully saturated rings. The van der Waals surface area contributed by atoms with Crippen LogP contribution in [-0.4, -0.2) is 55.6 Å². The molecule has 0 aliphatic carbocycles. The predicted molar refractivity (Wildman–Crippen MR) is 39.6 cm³/mol. The van der Waals surface area contributed by atoms with Crippen molar-refractivity contribution < 1.29 is 24.4 Å². The van der Waals surface area contributed by atoms with Gasteiger partial charge in [0, 0.05) is 14.2 Å². The lowest BCUT2D eigenvalue weighted by Gasteiger charge is -2.18. The molecule has 0 spiro atoms. The van der Waals surface area contributed by atoms with E-state index in [1.807, 2.05) is 0 Å². The minimum Gasteiger partial charge on any atom is -0.394 e. The molecule has 1 rings (SSSR count). The van der Waals surface area contributed by atoms with Gasteiger partial charge in [-0.3, -0.25) is 0 Å². The largest absolute Gasteiger partial charge is 0.394 e. The van der Waals surface area contributed by atoms with Crippen LogP contribution in [0.4, 0.5) is 0 Å². The van der Waals surface area contributed by atoms with Gasteiger partial charge in [-0.2, -0.15) is 0 Å². The van der Waals surface area contributed by atoms with Crippen LogP contribution < -0.4 is 0 Å². The van der Waals surface area contributed by atoms with Gasteiger partial charge in [-0.15, -0.1) is 0 Å². The van der Waals surface area contributed by atoms with Crippen LogP contribution in [0.5, 0.6) is 0 Å². The quantitative estimate of drug-likeness (QED) is 0.563. The van der Waals surface area contributed by atoms with Crippen LogP contribution in [0.15, 0.2) is 0 Å². The molecule has 2 N–H and O–H groups in total. The average molecular weight is 178 g/mol. The molecular formula is C7H14O5. The van der Waals surface area contributed by atoms with Gasteiger partial charge in [0.2, 0.25) is 0 Å². The second kappa shape index (κ2) is 4.15. The summed E-state index contributed by atoms with van der Waals surface area (Å²) in [4.78, 5) is 0. The number of aliphatic hydroxyl groups excluding tert-OH is 2. The summed E-state index contributed by atoms with van der Waals surface area (Å²) in [7, 11) is 2.95. The Morgan fingerprint density at radius 2 is 1.83 bits per heavy atom. The summed E-state index contributed by atoms with van der Waals surface area (Å²) in [6, 6.07) is 0. The van der Waals surface area contributed by atoms with Crippen LogP contribution in [0.3, 0.4) is 0 Å². The molecule has 0 unspecified atom stereocenters. The van der Waals surface area contributed by atoms with Crippen LogP contribution in [0.1, 0.15) is 0 Å². The number of methoxy groups -OCH3 is 2. The molecule has 1 heterocycles. The standard InChI is InChI=1S/C7H14O5/c1-10-5-4(3-8)12-7(9)6(5)11-2/h4-9H,3H2,1-2H3/t4-,5-,6+,7-/m1/s1. The zero-order valence-electron chi connectivity index (χ0n) is 7.14.